The van der Waals surface area contributed by atoms with E-state index in [-0.39, 0.29) is 10.7 Å². The van der Waals surface area contributed by atoms with Crippen molar-refractivity contribution in [2.75, 3.05) is 5.32 Å². The summed E-state index contributed by atoms with van der Waals surface area (Å²) < 4.78 is 13.8. The highest BCUT2D eigenvalue weighted by Crippen LogP contribution is 2.32. The number of carboxylic acid groups (broad SMARTS) is 1. The zero-order valence-corrected chi connectivity index (χ0v) is 11.5. The Morgan fingerprint density at radius 1 is 1.25 bits per heavy atom. The molecule has 0 bridgehead atoms. The van der Waals surface area contributed by atoms with Crippen molar-refractivity contribution in [1.82, 2.24) is 0 Å². The molecule has 0 amide bonds. The molecule has 0 aliphatic heterocycles. The van der Waals surface area contributed by atoms with E-state index in [0.717, 1.165) is 0 Å². The quantitative estimate of drug-likeness (QED) is 0.878. The lowest BCUT2D eigenvalue weighted by molar-refractivity contribution is -0.138. The Balaban J connectivity index is 2.42. The van der Waals surface area contributed by atoms with Crippen molar-refractivity contribution >= 4 is 28.9 Å². The van der Waals surface area contributed by atoms with Crippen LogP contribution >= 0.6 is 11.6 Å². The van der Waals surface area contributed by atoms with Crippen LogP contribution in [0.5, 0.6) is 0 Å². The van der Waals surface area contributed by atoms with Gasteiger partial charge in [-0.3, -0.25) is 4.79 Å². The highest BCUT2D eigenvalue weighted by atomic mass is 35.5. The first-order valence-electron chi connectivity index (χ1n) is 6.03. The van der Waals surface area contributed by atoms with Crippen LogP contribution in [0, 0.1) is 5.82 Å². The molecule has 2 aromatic carbocycles. The van der Waals surface area contributed by atoms with Gasteiger partial charge in [0.05, 0.1) is 16.6 Å². The summed E-state index contributed by atoms with van der Waals surface area (Å²) >= 11 is 5.96. The summed E-state index contributed by atoms with van der Waals surface area (Å²) in [5, 5.41) is 12.2. The molecule has 0 radical (unpaired) electrons. The molecule has 0 aromatic heterocycles. The van der Waals surface area contributed by atoms with E-state index in [1.807, 2.05) is 0 Å². The maximum absolute atomic E-state index is 13.8. The van der Waals surface area contributed by atoms with Gasteiger partial charge in [-0.05, 0) is 30.7 Å². The number of benzene rings is 2. The topological polar surface area (TPSA) is 49.3 Å². The number of aliphatic carboxylic acids is 1. The Morgan fingerprint density at radius 2 is 1.95 bits per heavy atom. The molecule has 5 heteroatoms. The molecule has 104 valence electrons. The fraction of sp³-hybridized carbons (Fsp3) is 0.133. The second-order valence-corrected chi connectivity index (χ2v) is 4.78. The Bertz CT molecular complexity index is 625. The van der Waals surface area contributed by atoms with E-state index < -0.39 is 17.7 Å². The van der Waals surface area contributed by atoms with E-state index in [4.69, 9.17) is 16.7 Å². The molecule has 0 spiro atoms. The SMILES string of the molecule is C[C@H](C(=O)O)c1ccccc1Nc1c(F)cccc1Cl. The highest BCUT2D eigenvalue weighted by molar-refractivity contribution is 6.33. The molecule has 0 saturated carbocycles. The molecule has 1 atom stereocenters. The van der Waals surface area contributed by atoms with Crippen molar-refractivity contribution < 1.29 is 14.3 Å². The second-order valence-electron chi connectivity index (χ2n) is 4.37. The van der Waals surface area contributed by atoms with Crippen molar-refractivity contribution in [2.45, 2.75) is 12.8 Å². The summed E-state index contributed by atoms with van der Waals surface area (Å²) in [7, 11) is 0. The molecule has 0 heterocycles. The predicted octanol–water partition coefficient (Wildman–Crippen LogP) is 4.41. The third-order valence-corrected chi connectivity index (χ3v) is 3.34. The van der Waals surface area contributed by atoms with Crippen molar-refractivity contribution in [3.63, 3.8) is 0 Å². The summed E-state index contributed by atoms with van der Waals surface area (Å²) in [5.41, 5.74) is 1.23. The first-order chi connectivity index (χ1) is 9.50. The zero-order chi connectivity index (χ0) is 14.7. The minimum Gasteiger partial charge on any atom is -0.481 e. The third kappa shape index (κ3) is 2.91. The van der Waals surface area contributed by atoms with Crippen LogP contribution < -0.4 is 5.32 Å². The van der Waals surface area contributed by atoms with Crippen molar-refractivity contribution in [3.8, 4) is 0 Å². The molecule has 0 unspecified atom stereocenters. The summed E-state index contributed by atoms with van der Waals surface area (Å²) in [4.78, 5) is 11.1. The largest absolute Gasteiger partial charge is 0.481 e. The molecule has 0 aliphatic carbocycles. The maximum Gasteiger partial charge on any atom is 0.310 e. The van der Waals surface area contributed by atoms with E-state index in [1.54, 1.807) is 37.3 Å². The number of carbonyl (C=O) groups is 1. The minimum atomic E-state index is -0.945. The van der Waals surface area contributed by atoms with Gasteiger partial charge in [0.1, 0.15) is 5.82 Å². The van der Waals surface area contributed by atoms with Gasteiger partial charge in [0.2, 0.25) is 0 Å². The molecular formula is C15H13ClFNO2. The smallest absolute Gasteiger partial charge is 0.310 e. The average Bonchev–Trinajstić information content (AvgIpc) is 2.42. The minimum absolute atomic E-state index is 0.138. The number of hydrogen-bond acceptors (Lipinski definition) is 2. The molecule has 0 aliphatic rings. The molecule has 0 fully saturated rings. The Labute approximate surface area is 121 Å². The van der Waals surface area contributed by atoms with Crippen LogP contribution in [0.15, 0.2) is 42.5 Å². The number of carboxylic acids is 1. The van der Waals surface area contributed by atoms with Crippen molar-refractivity contribution in [3.05, 3.63) is 58.9 Å². The molecule has 20 heavy (non-hydrogen) atoms. The maximum atomic E-state index is 13.8. The van der Waals surface area contributed by atoms with Gasteiger partial charge in [-0.25, -0.2) is 4.39 Å². The molecule has 2 N–H and O–H groups in total. The average molecular weight is 294 g/mol. The summed E-state index contributed by atoms with van der Waals surface area (Å²) in [6, 6.07) is 11.2. The molecule has 2 rings (SSSR count). The van der Waals surface area contributed by atoms with Gasteiger partial charge >= 0.3 is 5.97 Å². The number of para-hydroxylation sites is 2. The normalized spacial score (nSPS) is 11.9. The van der Waals surface area contributed by atoms with Crippen molar-refractivity contribution in [1.29, 1.82) is 0 Å². The monoisotopic (exact) mass is 293 g/mol. The first-order valence-corrected chi connectivity index (χ1v) is 6.41. The Hall–Kier alpha value is -2.07. The molecule has 3 nitrogen and oxygen atoms in total. The van der Waals surface area contributed by atoms with Crippen LogP contribution in [0.25, 0.3) is 0 Å². The van der Waals surface area contributed by atoms with Gasteiger partial charge < -0.3 is 10.4 Å². The number of hydrogen-bond donors (Lipinski definition) is 2. The standard InChI is InChI=1S/C15H13ClFNO2/c1-9(15(19)20)10-5-2-3-8-13(10)18-14-11(16)6-4-7-12(14)17/h2-9,18H,1H3,(H,19,20)/t9-/m0/s1. The van der Waals surface area contributed by atoms with Crippen LogP contribution in [-0.4, -0.2) is 11.1 Å². The van der Waals surface area contributed by atoms with Crippen LogP contribution in [0.1, 0.15) is 18.4 Å². The van der Waals surface area contributed by atoms with Crippen LogP contribution in [-0.2, 0) is 4.79 Å². The lowest BCUT2D eigenvalue weighted by Gasteiger charge is -2.16. The predicted molar refractivity (Wildman–Crippen MR) is 77.2 cm³/mol. The highest BCUT2D eigenvalue weighted by Gasteiger charge is 2.18. The Kier molecular flexibility index (Phi) is 4.25. The third-order valence-electron chi connectivity index (χ3n) is 3.02. The first kappa shape index (κ1) is 14.3. The van der Waals surface area contributed by atoms with Gasteiger partial charge in [0, 0.05) is 5.69 Å². The fourth-order valence-corrected chi connectivity index (χ4v) is 2.08. The van der Waals surface area contributed by atoms with Crippen LogP contribution in [0.2, 0.25) is 5.02 Å². The Morgan fingerprint density at radius 3 is 2.60 bits per heavy atom. The van der Waals surface area contributed by atoms with Gasteiger partial charge in [0.25, 0.3) is 0 Å². The van der Waals surface area contributed by atoms with E-state index in [1.165, 1.54) is 12.1 Å². The number of halogens is 2. The summed E-state index contributed by atoms with van der Waals surface area (Å²) in [6.45, 7) is 1.58. The van der Waals surface area contributed by atoms with Gasteiger partial charge in [-0.15, -0.1) is 0 Å². The number of nitrogens with one attached hydrogen (secondary N) is 1. The van der Waals surface area contributed by atoms with Crippen LogP contribution in [0.3, 0.4) is 0 Å². The van der Waals surface area contributed by atoms with Crippen molar-refractivity contribution in [2.24, 2.45) is 0 Å². The van der Waals surface area contributed by atoms with E-state index >= 15 is 0 Å². The molecular weight excluding hydrogens is 281 g/mol. The fourth-order valence-electron chi connectivity index (χ4n) is 1.87. The number of rotatable bonds is 4. The van der Waals surface area contributed by atoms with Gasteiger partial charge in [0.15, 0.2) is 0 Å². The summed E-state index contributed by atoms with van der Waals surface area (Å²) in [6.07, 6.45) is 0. The number of anilines is 2. The lowest BCUT2D eigenvalue weighted by Crippen LogP contribution is -2.10. The van der Waals surface area contributed by atoms with E-state index in [9.17, 15) is 9.18 Å². The molecule has 0 saturated heterocycles. The second kappa shape index (κ2) is 5.92. The van der Waals surface area contributed by atoms with Crippen LogP contribution in [0.4, 0.5) is 15.8 Å². The van der Waals surface area contributed by atoms with E-state index in [2.05, 4.69) is 5.32 Å². The lowest BCUT2D eigenvalue weighted by atomic mass is 9.99. The van der Waals surface area contributed by atoms with Gasteiger partial charge in [-0.1, -0.05) is 35.9 Å². The zero-order valence-electron chi connectivity index (χ0n) is 10.7. The van der Waals surface area contributed by atoms with Gasteiger partial charge in [-0.2, -0.15) is 0 Å². The van der Waals surface area contributed by atoms with E-state index in [0.29, 0.717) is 11.3 Å². The molecule has 2 aromatic rings. The summed E-state index contributed by atoms with van der Waals surface area (Å²) in [5.74, 6) is -2.14.